The van der Waals surface area contributed by atoms with Crippen molar-refractivity contribution in [2.45, 2.75) is 6.42 Å². The first-order valence-corrected chi connectivity index (χ1v) is 3.96. The first-order chi connectivity index (χ1) is 6.20. The zero-order valence-corrected chi connectivity index (χ0v) is 6.74. The lowest BCUT2D eigenvalue weighted by Gasteiger charge is -2.23. The van der Waals surface area contributed by atoms with Crippen LogP contribution in [0.15, 0.2) is 23.8 Å². The van der Waals surface area contributed by atoms with Crippen LogP contribution in [0.5, 0.6) is 0 Å². The zero-order valence-electron chi connectivity index (χ0n) is 6.74. The van der Waals surface area contributed by atoms with Crippen molar-refractivity contribution >= 4 is 17.6 Å². The standard InChI is InChI=1S/C9H7NO3/c11-7-5-3-1-2-4-6(5)8(12)10-9(7)13/h1-2,4-5H,3H2,(H,10,12,13). The molecule has 0 radical (unpaired) electrons. The topological polar surface area (TPSA) is 63.2 Å². The Kier molecular flexibility index (Phi) is 1.62. The lowest BCUT2D eigenvalue weighted by Crippen LogP contribution is -2.48. The molecule has 1 fully saturated rings. The van der Waals surface area contributed by atoms with Crippen molar-refractivity contribution in [3.05, 3.63) is 23.8 Å². The molecule has 66 valence electrons. The van der Waals surface area contributed by atoms with Crippen LogP contribution in [-0.2, 0) is 14.4 Å². The summed E-state index contributed by atoms with van der Waals surface area (Å²) in [4.78, 5) is 33.4. The van der Waals surface area contributed by atoms with Gasteiger partial charge in [0.25, 0.3) is 11.8 Å². The largest absolute Gasteiger partial charge is 0.294 e. The van der Waals surface area contributed by atoms with Crippen molar-refractivity contribution in [1.29, 1.82) is 0 Å². The maximum absolute atomic E-state index is 11.3. The number of ketones is 1. The Balaban J connectivity index is 2.42. The highest BCUT2D eigenvalue weighted by atomic mass is 16.2. The summed E-state index contributed by atoms with van der Waals surface area (Å²) in [5.41, 5.74) is 0.395. The van der Waals surface area contributed by atoms with Crippen molar-refractivity contribution in [3.8, 4) is 0 Å². The predicted octanol–water partition coefficient (Wildman–Crippen LogP) is -0.286. The fourth-order valence-corrected chi connectivity index (χ4v) is 1.51. The highest BCUT2D eigenvalue weighted by molar-refractivity contribution is 6.44. The molecule has 2 rings (SSSR count). The van der Waals surface area contributed by atoms with Crippen LogP contribution < -0.4 is 5.32 Å². The van der Waals surface area contributed by atoms with Gasteiger partial charge in [-0.3, -0.25) is 19.7 Å². The summed E-state index contributed by atoms with van der Waals surface area (Å²) < 4.78 is 0. The number of carbonyl (C=O) groups excluding carboxylic acids is 3. The summed E-state index contributed by atoms with van der Waals surface area (Å²) in [7, 11) is 0. The molecular formula is C9H7NO3. The third-order valence-electron chi connectivity index (χ3n) is 2.19. The molecule has 0 aromatic rings. The van der Waals surface area contributed by atoms with E-state index in [9.17, 15) is 14.4 Å². The third kappa shape index (κ3) is 1.11. The molecule has 0 spiro atoms. The molecule has 1 aliphatic heterocycles. The fourth-order valence-electron chi connectivity index (χ4n) is 1.51. The first kappa shape index (κ1) is 7.91. The monoisotopic (exact) mass is 177 g/mol. The quantitative estimate of drug-likeness (QED) is 0.408. The summed E-state index contributed by atoms with van der Waals surface area (Å²) in [5, 5.41) is 2.00. The Bertz CT molecular complexity index is 365. The molecule has 13 heavy (non-hydrogen) atoms. The Morgan fingerprint density at radius 2 is 2.00 bits per heavy atom. The number of amides is 2. The van der Waals surface area contributed by atoms with E-state index < -0.39 is 23.5 Å². The number of imide groups is 1. The van der Waals surface area contributed by atoms with Gasteiger partial charge in [-0.2, -0.15) is 0 Å². The molecule has 0 aromatic heterocycles. The maximum atomic E-state index is 11.3. The van der Waals surface area contributed by atoms with Crippen molar-refractivity contribution < 1.29 is 14.4 Å². The van der Waals surface area contributed by atoms with Crippen molar-refractivity contribution in [1.82, 2.24) is 5.32 Å². The minimum absolute atomic E-state index is 0.395. The van der Waals surface area contributed by atoms with E-state index >= 15 is 0 Å². The lowest BCUT2D eigenvalue weighted by molar-refractivity contribution is -0.144. The van der Waals surface area contributed by atoms with Gasteiger partial charge in [-0.15, -0.1) is 0 Å². The Hall–Kier alpha value is -1.71. The van der Waals surface area contributed by atoms with E-state index in [0.29, 0.717) is 12.0 Å². The molecule has 1 aliphatic carbocycles. The summed E-state index contributed by atoms with van der Waals surface area (Å²) in [5.74, 6) is -2.30. The average molecular weight is 177 g/mol. The van der Waals surface area contributed by atoms with E-state index in [1.165, 1.54) is 0 Å². The minimum atomic E-state index is -0.789. The number of nitrogens with one attached hydrogen (secondary N) is 1. The van der Waals surface area contributed by atoms with Crippen LogP contribution in [0.2, 0.25) is 0 Å². The average Bonchev–Trinajstić information content (AvgIpc) is 2.15. The lowest BCUT2D eigenvalue weighted by atomic mass is 9.84. The van der Waals surface area contributed by atoms with Gasteiger partial charge in [0, 0.05) is 5.57 Å². The smallest absolute Gasteiger partial charge is 0.288 e. The number of piperidine rings is 1. The van der Waals surface area contributed by atoms with Gasteiger partial charge < -0.3 is 0 Å². The van der Waals surface area contributed by atoms with Gasteiger partial charge >= 0.3 is 0 Å². The van der Waals surface area contributed by atoms with Gasteiger partial charge in [0.05, 0.1) is 5.92 Å². The second-order valence-electron chi connectivity index (χ2n) is 2.99. The predicted molar refractivity (Wildman–Crippen MR) is 43.5 cm³/mol. The summed E-state index contributed by atoms with van der Waals surface area (Å²) in [6.07, 6.45) is 5.52. The molecule has 1 heterocycles. The van der Waals surface area contributed by atoms with Crippen LogP contribution in [-0.4, -0.2) is 17.6 Å². The van der Waals surface area contributed by atoms with Gasteiger partial charge in [0.15, 0.2) is 0 Å². The van der Waals surface area contributed by atoms with E-state index in [0.717, 1.165) is 0 Å². The van der Waals surface area contributed by atoms with Crippen LogP contribution in [0.1, 0.15) is 6.42 Å². The molecule has 0 saturated carbocycles. The molecule has 1 saturated heterocycles. The summed E-state index contributed by atoms with van der Waals surface area (Å²) in [6, 6.07) is 0. The summed E-state index contributed by atoms with van der Waals surface area (Å²) >= 11 is 0. The first-order valence-electron chi connectivity index (χ1n) is 3.96. The van der Waals surface area contributed by atoms with Crippen LogP contribution >= 0.6 is 0 Å². The molecule has 2 amide bonds. The third-order valence-corrected chi connectivity index (χ3v) is 2.19. The second-order valence-corrected chi connectivity index (χ2v) is 2.99. The SMILES string of the molecule is O=C1NC(=O)C2=CC=CCC2C1=O. The number of rotatable bonds is 0. The molecule has 2 aliphatic rings. The molecular weight excluding hydrogens is 170 g/mol. The highest BCUT2D eigenvalue weighted by Crippen LogP contribution is 2.24. The fraction of sp³-hybridized carbons (Fsp3) is 0.222. The van der Waals surface area contributed by atoms with Gasteiger partial charge in [-0.25, -0.2) is 0 Å². The van der Waals surface area contributed by atoms with E-state index in [4.69, 9.17) is 0 Å². The number of hydrogen-bond acceptors (Lipinski definition) is 3. The molecule has 1 atom stereocenters. The van der Waals surface area contributed by atoms with Crippen LogP contribution in [0, 0.1) is 5.92 Å². The second kappa shape index (κ2) is 2.65. The number of Topliss-reactive ketones (excluding diaryl/α,β-unsaturated/α-hetero) is 1. The van der Waals surface area contributed by atoms with E-state index in [2.05, 4.69) is 0 Å². The molecule has 1 unspecified atom stereocenters. The van der Waals surface area contributed by atoms with Crippen molar-refractivity contribution in [2.75, 3.05) is 0 Å². The number of allylic oxidation sites excluding steroid dienone is 3. The Labute approximate surface area is 74.3 Å². The van der Waals surface area contributed by atoms with Crippen LogP contribution in [0.4, 0.5) is 0 Å². The minimum Gasteiger partial charge on any atom is -0.288 e. The van der Waals surface area contributed by atoms with Gasteiger partial charge in [-0.1, -0.05) is 18.2 Å². The Morgan fingerprint density at radius 3 is 2.77 bits per heavy atom. The summed E-state index contributed by atoms with van der Waals surface area (Å²) in [6.45, 7) is 0. The van der Waals surface area contributed by atoms with Gasteiger partial charge in [0.1, 0.15) is 0 Å². The van der Waals surface area contributed by atoms with Crippen LogP contribution in [0.25, 0.3) is 0 Å². The number of fused-ring (bicyclic) bond motifs is 1. The maximum Gasteiger partial charge on any atom is 0.294 e. The molecule has 0 bridgehead atoms. The zero-order chi connectivity index (χ0) is 9.42. The Morgan fingerprint density at radius 1 is 1.23 bits per heavy atom. The van der Waals surface area contributed by atoms with E-state index in [1.54, 1.807) is 18.2 Å². The van der Waals surface area contributed by atoms with Crippen LogP contribution in [0.3, 0.4) is 0 Å². The normalized spacial score (nSPS) is 26.6. The van der Waals surface area contributed by atoms with Gasteiger partial charge in [0.2, 0.25) is 5.78 Å². The number of carbonyl (C=O) groups is 3. The van der Waals surface area contributed by atoms with Crippen molar-refractivity contribution in [2.24, 2.45) is 5.92 Å². The molecule has 0 aromatic carbocycles. The molecule has 1 N–H and O–H groups in total. The van der Waals surface area contributed by atoms with Gasteiger partial charge in [-0.05, 0) is 6.42 Å². The van der Waals surface area contributed by atoms with E-state index in [1.807, 2.05) is 5.32 Å². The highest BCUT2D eigenvalue weighted by Gasteiger charge is 2.37. The van der Waals surface area contributed by atoms with E-state index in [-0.39, 0.29) is 0 Å². The van der Waals surface area contributed by atoms with Crippen molar-refractivity contribution in [3.63, 3.8) is 0 Å². The molecule has 4 nitrogen and oxygen atoms in total. The molecule has 4 heteroatoms. The number of hydrogen-bond donors (Lipinski definition) is 1.